The highest BCUT2D eigenvalue weighted by atomic mass is 19.4. The van der Waals surface area contributed by atoms with Crippen LogP contribution in [-0.4, -0.2) is 83.4 Å². The zero-order valence-electron chi connectivity index (χ0n) is 48.0. The number of benzene rings is 3. The lowest BCUT2D eigenvalue weighted by atomic mass is 9.94. The number of aromatic nitrogens is 3. The number of hydrogen-bond donors (Lipinski definition) is 2. The number of nitrogens with zero attached hydrogens (tertiary/aromatic N) is 10. The maximum absolute atomic E-state index is 13.2. The summed E-state index contributed by atoms with van der Waals surface area (Å²) in [7, 11) is 0. The lowest BCUT2D eigenvalue weighted by molar-refractivity contribution is -0.138. The van der Waals surface area contributed by atoms with Crippen molar-refractivity contribution in [2.75, 3.05) is 54.0 Å². The molecule has 0 radical (unpaired) electrons. The molecule has 17 nitrogen and oxygen atoms in total. The summed E-state index contributed by atoms with van der Waals surface area (Å²) in [5.41, 5.74) is -0.453. The van der Waals surface area contributed by atoms with E-state index in [-0.39, 0.29) is 98.8 Å². The van der Waals surface area contributed by atoms with Gasteiger partial charge in [0.1, 0.15) is 54.0 Å². The molecule has 26 heteroatoms. The third kappa shape index (κ3) is 15.9. The highest BCUT2D eigenvalue weighted by Crippen LogP contribution is 2.47. The topological polar surface area (TPSA) is 225 Å². The van der Waals surface area contributed by atoms with Gasteiger partial charge in [-0.3, -0.25) is 0 Å². The molecule has 6 fully saturated rings. The second-order valence-corrected chi connectivity index (χ2v) is 23.1. The summed E-state index contributed by atoms with van der Waals surface area (Å²) < 4.78 is 135. The number of fused-ring (bicyclic) bond motifs is 6. The van der Waals surface area contributed by atoms with E-state index in [0.717, 1.165) is 112 Å². The number of nitrogens with two attached hydrogens (primary N) is 1. The molecule has 9 atom stereocenters. The number of piperidine rings is 3. The van der Waals surface area contributed by atoms with Crippen molar-refractivity contribution in [1.29, 1.82) is 15.8 Å². The van der Waals surface area contributed by atoms with E-state index in [1.54, 1.807) is 50.6 Å². The predicted molar refractivity (Wildman–Crippen MR) is 321 cm³/mol. The summed E-state index contributed by atoms with van der Waals surface area (Å²) in [4.78, 5) is 29.5. The lowest BCUT2D eigenvalue weighted by Crippen LogP contribution is -2.47. The van der Waals surface area contributed by atoms with Crippen LogP contribution in [-0.2, 0) is 18.5 Å². The first-order chi connectivity index (χ1) is 42.5. The average molecular weight is 1270 g/mol. The molecule has 0 spiro atoms. The number of phenols is 1. The van der Waals surface area contributed by atoms with Crippen LogP contribution in [0.5, 0.6) is 34.5 Å². The first-order valence-corrected chi connectivity index (χ1v) is 28.7. The largest absolute Gasteiger partial charge is 0.504 e. The van der Waals surface area contributed by atoms with Crippen molar-refractivity contribution in [3.8, 4) is 52.7 Å². The molecule has 3 aliphatic carbocycles. The van der Waals surface area contributed by atoms with Crippen molar-refractivity contribution >= 4 is 23.2 Å². The van der Waals surface area contributed by atoms with Crippen molar-refractivity contribution in [3.63, 3.8) is 0 Å². The Morgan fingerprint density at radius 3 is 1.08 bits per heavy atom. The molecule has 3 saturated heterocycles. The highest BCUT2D eigenvalue weighted by Gasteiger charge is 2.48. The molecule has 6 aliphatic rings. The summed E-state index contributed by atoms with van der Waals surface area (Å²) in [5.74, 6) is 8.70. The van der Waals surface area contributed by atoms with Gasteiger partial charge in [0.05, 0.1) is 39.1 Å². The minimum Gasteiger partial charge on any atom is -0.504 e. The first-order valence-electron chi connectivity index (χ1n) is 28.7. The second-order valence-electron chi connectivity index (χ2n) is 23.1. The van der Waals surface area contributed by atoms with Gasteiger partial charge in [-0.1, -0.05) is 20.0 Å². The van der Waals surface area contributed by atoms with Crippen LogP contribution >= 0.6 is 0 Å². The zero-order chi connectivity index (χ0) is 63.4. The summed E-state index contributed by atoms with van der Waals surface area (Å²) in [5, 5.41) is 40.6. The Balaban J connectivity index is 0.000000193. The van der Waals surface area contributed by atoms with Crippen molar-refractivity contribution in [3.05, 3.63) is 143 Å². The van der Waals surface area contributed by atoms with Gasteiger partial charge < -0.3 is 43.7 Å². The number of oxime groups is 1. The van der Waals surface area contributed by atoms with Gasteiger partial charge in [-0.15, -0.1) is 0 Å². The van der Waals surface area contributed by atoms with Crippen LogP contribution in [0, 0.1) is 69.5 Å². The monoisotopic (exact) mass is 1270 g/mol. The number of alkyl halides is 9. The van der Waals surface area contributed by atoms with E-state index >= 15 is 0 Å². The summed E-state index contributed by atoms with van der Waals surface area (Å²) >= 11 is 0. The van der Waals surface area contributed by atoms with E-state index in [1.807, 2.05) is 24.3 Å². The molecule has 6 bridgehead atoms. The Hall–Kier alpha value is -9.22. The molecule has 91 heavy (non-hydrogen) atoms. The van der Waals surface area contributed by atoms with E-state index in [4.69, 9.17) is 40.7 Å². The second kappa shape index (κ2) is 28.3. The third-order valence-corrected chi connectivity index (χ3v) is 16.9. The molecule has 6 aromatic rings. The molecular weight excluding hydrogens is 1200 g/mol. The smallest absolute Gasteiger partial charge is 0.416 e. The van der Waals surface area contributed by atoms with Gasteiger partial charge in [0, 0.05) is 94.8 Å². The molecule has 6 heterocycles. The Morgan fingerprint density at radius 1 is 0.484 bits per heavy atom. The number of pyridine rings is 3. The van der Waals surface area contributed by atoms with Crippen LogP contribution < -0.4 is 44.5 Å². The van der Waals surface area contributed by atoms with Gasteiger partial charge in [0.2, 0.25) is 0 Å². The SMILES string of the molecule is C.C.CC(C)=NOc1cc(C(F)(F)F)ccc1OC1[C@@H]2CC[C@H]1CN(c1ccc(C#N)cn1)C2.N#Cc1ccc(N2C[C@H]3CC[C@@H](C2)C3Oc2ccc(C(F)(F)F)cc2O)nc1.N#Cc1ccc(N2C[C@H]3CC[C@@H](C2)C3Oc2ccc(C(F)(F)F)cc2ON)nc1.[2HH]. The molecule has 3 N–H and O–H groups in total. The molecule has 12 rings (SSSR count). The number of rotatable bonds is 12. The summed E-state index contributed by atoms with van der Waals surface area (Å²) in [6.45, 7) is 7.71. The summed E-state index contributed by atoms with van der Waals surface area (Å²) in [6, 6.07) is 26.0. The molecule has 0 amide bonds. The number of aromatic hydroxyl groups is 1. The first kappa shape index (κ1) is 67.7. The molecule has 3 saturated carbocycles. The van der Waals surface area contributed by atoms with Crippen LogP contribution in [0.15, 0.2) is 115 Å². The average Bonchev–Trinajstić information content (AvgIpc) is 1.62. The molecule has 3 unspecified atom stereocenters. The highest BCUT2D eigenvalue weighted by molar-refractivity contribution is 5.78. The van der Waals surface area contributed by atoms with E-state index in [0.29, 0.717) is 41.6 Å². The minimum atomic E-state index is -4.51. The van der Waals surface area contributed by atoms with Crippen molar-refractivity contribution < 1.29 is 69.9 Å². The van der Waals surface area contributed by atoms with Gasteiger partial charge in [-0.05, 0) is 143 Å². The Bertz CT molecular complexity index is 3590. The third-order valence-electron chi connectivity index (χ3n) is 16.9. The Labute approximate surface area is 522 Å². The molecule has 3 aromatic heterocycles. The fourth-order valence-corrected chi connectivity index (χ4v) is 12.7. The number of nitriles is 3. The molecule has 3 aromatic carbocycles. The maximum atomic E-state index is 13.2. The Kier molecular flexibility index (Phi) is 21.1. The number of phenolic OH excluding ortho intramolecular Hbond substituents is 1. The number of halogens is 9. The number of anilines is 3. The summed E-state index contributed by atoms with van der Waals surface area (Å²) in [6.07, 6.45) is -3.50. The van der Waals surface area contributed by atoms with Gasteiger partial charge in [-0.25, -0.2) is 15.0 Å². The van der Waals surface area contributed by atoms with Gasteiger partial charge in [0.25, 0.3) is 0 Å². The number of hydrogen-bond acceptors (Lipinski definition) is 17. The fraction of sp³-hybridized carbons (Fsp3) is 0.431. The van der Waals surface area contributed by atoms with Crippen molar-refractivity contribution in [2.24, 2.45) is 46.6 Å². The fourth-order valence-electron chi connectivity index (χ4n) is 12.7. The molecule has 484 valence electrons. The van der Waals surface area contributed by atoms with Crippen LogP contribution in [0.2, 0.25) is 0 Å². The predicted octanol–water partition coefficient (Wildman–Crippen LogP) is 14.0. The normalized spacial score (nSPS) is 22.7. The van der Waals surface area contributed by atoms with Crippen LogP contribution in [0.4, 0.5) is 57.0 Å². The van der Waals surface area contributed by atoms with Crippen molar-refractivity contribution in [1.82, 2.24) is 15.0 Å². The van der Waals surface area contributed by atoms with Crippen LogP contribution in [0.1, 0.15) is 102 Å². The molecule has 3 aliphatic heterocycles. The van der Waals surface area contributed by atoms with Gasteiger partial charge >= 0.3 is 18.5 Å². The lowest BCUT2D eigenvalue weighted by Gasteiger charge is -2.38. The molecular formula is C65H70F9N11O6. The van der Waals surface area contributed by atoms with E-state index in [9.17, 15) is 44.6 Å². The van der Waals surface area contributed by atoms with Crippen LogP contribution in [0.3, 0.4) is 0 Å². The number of ether oxygens (including phenoxy) is 3. The maximum Gasteiger partial charge on any atom is 0.416 e. The van der Waals surface area contributed by atoms with E-state index in [1.165, 1.54) is 18.2 Å². The quantitative estimate of drug-likeness (QED) is 0.0660. The minimum absolute atomic E-state index is 0. The van der Waals surface area contributed by atoms with E-state index < -0.39 is 41.0 Å². The zero-order valence-corrected chi connectivity index (χ0v) is 48.0. The van der Waals surface area contributed by atoms with Gasteiger partial charge in [0.15, 0.2) is 34.5 Å². The van der Waals surface area contributed by atoms with E-state index in [2.05, 4.69) is 51.8 Å². The van der Waals surface area contributed by atoms with Crippen LogP contribution in [0.25, 0.3) is 0 Å². The Morgan fingerprint density at radius 2 is 0.791 bits per heavy atom. The van der Waals surface area contributed by atoms with Gasteiger partial charge in [-0.2, -0.15) is 61.2 Å². The van der Waals surface area contributed by atoms with Crippen molar-refractivity contribution in [2.45, 2.75) is 104 Å². The standard InChI is InChI=1S/C23H23F3N4O2.C20H19F3N4O2.C20H18F3N3O2.2CH4.H2/c1-14(2)29-32-20-9-18(23(24,25)26)6-7-19(20)31-22-16-4-5-17(22)13-30(12-16)21-8-3-15(10-27)11-28-21;21-20(22,23)15-4-5-16(17(7-15)29-25)28-19-13-2-3-14(19)11-27(10-13)18-6-1-12(8-24)9-26-18;21-20(22,23)15-4-5-17(16(27)7-15)28-19-13-2-3-14(19)11-26(10-13)18-6-1-12(8-24)9-25-18;;;/h3,6-9,11,16-17,22H,4-5,12-13H2,1-2H3;1,4-7,9,13-14,19H,2-3,10-11,25H2;1,4-7,9,13-14,19,27H,2-3,10-11H2;2*1H4;1H/t16-,17+,22?;2*13-,14+,19?;;;/i;;;;;1+1.